The van der Waals surface area contributed by atoms with Crippen LogP contribution in [0.2, 0.25) is 0 Å². The molecule has 4 nitrogen and oxygen atoms in total. The third kappa shape index (κ3) is 1.37. The second kappa shape index (κ2) is 3.30. The number of nitrogens with zero attached hydrogens (tertiary/aromatic N) is 2. The van der Waals surface area contributed by atoms with Crippen molar-refractivity contribution in [3.05, 3.63) is 18.0 Å². The Kier molecular flexibility index (Phi) is 2.14. The van der Waals surface area contributed by atoms with Crippen LogP contribution in [0.4, 0.5) is 0 Å². The molecule has 0 aliphatic carbocycles. The van der Waals surface area contributed by atoms with E-state index in [1.54, 1.807) is 16.9 Å². The van der Waals surface area contributed by atoms with Crippen LogP contribution < -0.4 is 5.32 Å². The van der Waals surface area contributed by atoms with Crippen molar-refractivity contribution in [2.45, 2.75) is 13.5 Å². The number of carbonyl (C=O) groups is 1. The van der Waals surface area contributed by atoms with Crippen LogP contribution in [0.3, 0.4) is 0 Å². The minimum Gasteiger partial charge on any atom is -0.315 e. The topological polar surface area (TPSA) is 46.9 Å². The number of carbonyl (C=O) groups excluding carboxylic acids is 1. The summed E-state index contributed by atoms with van der Waals surface area (Å²) in [6.45, 7) is 4.37. The van der Waals surface area contributed by atoms with Crippen LogP contribution in [0.5, 0.6) is 0 Å². The lowest BCUT2D eigenvalue weighted by Crippen LogP contribution is -2.47. The Morgan fingerprint density at radius 2 is 2.54 bits per heavy atom. The first-order valence-electron chi connectivity index (χ1n) is 4.59. The van der Waals surface area contributed by atoms with E-state index in [0.29, 0.717) is 0 Å². The zero-order valence-electron chi connectivity index (χ0n) is 7.66. The molecule has 1 N–H and O–H groups in total. The van der Waals surface area contributed by atoms with Crippen LogP contribution in [0.15, 0.2) is 12.3 Å². The number of hydrogen-bond donors (Lipinski definition) is 1. The fourth-order valence-electron chi connectivity index (χ4n) is 1.48. The van der Waals surface area contributed by atoms with Gasteiger partial charge in [0.2, 0.25) is 0 Å². The number of Topliss-reactive ketones (excluding diaryl/α,β-unsaturated/α-hetero) is 1. The van der Waals surface area contributed by atoms with Gasteiger partial charge >= 0.3 is 0 Å². The molecular weight excluding hydrogens is 166 g/mol. The number of rotatable bonds is 3. The fourth-order valence-corrected chi connectivity index (χ4v) is 1.48. The standard InChI is InChI=1S/C9H13N3O/c1-2-12-8(3-4-11-12)9(13)7-5-10-6-7/h3-4,7,10H,2,5-6H2,1H3. The van der Waals surface area contributed by atoms with Gasteiger partial charge in [0.05, 0.1) is 0 Å². The number of nitrogens with one attached hydrogen (secondary N) is 1. The lowest BCUT2D eigenvalue weighted by molar-refractivity contribution is 0.0867. The number of ketones is 1. The number of aromatic nitrogens is 2. The van der Waals surface area contributed by atoms with E-state index in [2.05, 4.69) is 10.4 Å². The quantitative estimate of drug-likeness (QED) is 0.679. The summed E-state index contributed by atoms with van der Waals surface area (Å²) >= 11 is 0. The van der Waals surface area contributed by atoms with Gasteiger partial charge in [0.15, 0.2) is 5.78 Å². The van der Waals surface area contributed by atoms with Crippen molar-refractivity contribution in [3.63, 3.8) is 0 Å². The molecule has 0 bridgehead atoms. The molecule has 2 rings (SSSR count). The summed E-state index contributed by atoms with van der Waals surface area (Å²) in [5.41, 5.74) is 0.744. The van der Waals surface area contributed by atoms with Crippen molar-refractivity contribution < 1.29 is 4.79 Å². The van der Waals surface area contributed by atoms with Crippen molar-refractivity contribution in [3.8, 4) is 0 Å². The highest BCUT2D eigenvalue weighted by atomic mass is 16.1. The molecule has 1 fully saturated rings. The molecule has 4 heteroatoms. The van der Waals surface area contributed by atoms with Crippen LogP contribution in [-0.4, -0.2) is 28.7 Å². The van der Waals surface area contributed by atoms with Gasteiger partial charge in [-0.1, -0.05) is 0 Å². The van der Waals surface area contributed by atoms with E-state index in [-0.39, 0.29) is 11.7 Å². The Hall–Kier alpha value is -1.16. The van der Waals surface area contributed by atoms with Gasteiger partial charge in [-0.05, 0) is 13.0 Å². The van der Waals surface area contributed by atoms with Crippen molar-refractivity contribution in [1.82, 2.24) is 15.1 Å². The maximum absolute atomic E-state index is 11.8. The molecule has 1 aliphatic heterocycles. The van der Waals surface area contributed by atoms with Crippen LogP contribution in [0, 0.1) is 5.92 Å². The molecule has 0 aromatic carbocycles. The van der Waals surface area contributed by atoms with Gasteiger partial charge in [-0.15, -0.1) is 0 Å². The molecule has 1 aliphatic rings. The maximum atomic E-state index is 11.8. The summed E-state index contributed by atoms with van der Waals surface area (Å²) in [4.78, 5) is 11.8. The summed E-state index contributed by atoms with van der Waals surface area (Å²) in [6.07, 6.45) is 1.68. The summed E-state index contributed by atoms with van der Waals surface area (Å²) in [7, 11) is 0. The third-order valence-electron chi connectivity index (χ3n) is 2.42. The van der Waals surface area contributed by atoms with Crippen molar-refractivity contribution in [1.29, 1.82) is 0 Å². The summed E-state index contributed by atoms with van der Waals surface area (Å²) < 4.78 is 1.75. The molecule has 1 aromatic heterocycles. The van der Waals surface area contributed by atoms with Gasteiger partial charge in [-0.25, -0.2) is 0 Å². The predicted molar refractivity (Wildman–Crippen MR) is 48.6 cm³/mol. The molecule has 0 spiro atoms. The smallest absolute Gasteiger partial charge is 0.186 e. The Bertz CT molecular complexity index is 314. The van der Waals surface area contributed by atoms with Gasteiger partial charge in [0.1, 0.15) is 5.69 Å². The Labute approximate surface area is 76.9 Å². The van der Waals surface area contributed by atoms with Gasteiger partial charge in [0.25, 0.3) is 0 Å². The molecule has 1 aromatic rings. The van der Waals surface area contributed by atoms with Gasteiger partial charge in [-0.3, -0.25) is 9.48 Å². The molecule has 0 amide bonds. The zero-order chi connectivity index (χ0) is 9.26. The van der Waals surface area contributed by atoms with E-state index in [1.165, 1.54) is 0 Å². The molecule has 0 atom stereocenters. The molecule has 0 radical (unpaired) electrons. The Balaban J connectivity index is 2.18. The third-order valence-corrected chi connectivity index (χ3v) is 2.42. The second-order valence-corrected chi connectivity index (χ2v) is 3.25. The molecular formula is C9H13N3O. The van der Waals surface area contributed by atoms with Gasteiger partial charge in [0, 0.05) is 31.7 Å². The summed E-state index contributed by atoms with van der Waals surface area (Å²) in [6, 6.07) is 1.80. The predicted octanol–water partition coefficient (Wildman–Crippen LogP) is 0.305. The van der Waals surface area contributed by atoms with Crippen LogP contribution in [-0.2, 0) is 6.54 Å². The number of hydrogen-bond acceptors (Lipinski definition) is 3. The van der Waals surface area contributed by atoms with E-state index in [0.717, 1.165) is 25.3 Å². The van der Waals surface area contributed by atoms with Crippen LogP contribution in [0.1, 0.15) is 17.4 Å². The molecule has 0 saturated carbocycles. The average molecular weight is 179 g/mol. The second-order valence-electron chi connectivity index (χ2n) is 3.25. The van der Waals surface area contributed by atoms with Crippen molar-refractivity contribution >= 4 is 5.78 Å². The molecule has 13 heavy (non-hydrogen) atoms. The largest absolute Gasteiger partial charge is 0.315 e. The number of aryl methyl sites for hydroxylation is 1. The zero-order valence-corrected chi connectivity index (χ0v) is 7.66. The first-order valence-corrected chi connectivity index (χ1v) is 4.59. The summed E-state index contributed by atoms with van der Waals surface area (Å²) in [5, 5.41) is 7.16. The maximum Gasteiger partial charge on any atom is 0.186 e. The highest BCUT2D eigenvalue weighted by Crippen LogP contribution is 2.12. The van der Waals surface area contributed by atoms with Gasteiger partial charge in [-0.2, -0.15) is 5.10 Å². The normalized spacial score (nSPS) is 17.0. The monoisotopic (exact) mass is 179 g/mol. The van der Waals surface area contributed by atoms with E-state index in [1.807, 2.05) is 6.92 Å². The SMILES string of the molecule is CCn1nccc1C(=O)C1CNC1. The minimum atomic E-state index is 0.169. The van der Waals surface area contributed by atoms with Crippen molar-refractivity contribution in [2.75, 3.05) is 13.1 Å². The van der Waals surface area contributed by atoms with Crippen LogP contribution in [0.25, 0.3) is 0 Å². The molecule has 2 heterocycles. The van der Waals surface area contributed by atoms with E-state index < -0.39 is 0 Å². The van der Waals surface area contributed by atoms with Gasteiger partial charge < -0.3 is 5.32 Å². The molecule has 0 unspecified atom stereocenters. The highest BCUT2D eigenvalue weighted by molar-refractivity contribution is 5.97. The fraction of sp³-hybridized carbons (Fsp3) is 0.556. The minimum absolute atomic E-state index is 0.169. The van der Waals surface area contributed by atoms with E-state index >= 15 is 0 Å². The average Bonchev–Trinajstić information content (AvgIpc) is 2.47. The first kappa shape index (κ1) is 8.44. The van der Waals surface area contributed by atoms with E-state index in [4.69, 9.17) is 0 Å². The molecule has 1 saturated heterocycles. The first-order chi connectivity index (χ1) is 6.33. The lowest BCUT2D eigenvalue weighted by atomic mass is 9.96. The van der Waals surface area contributed by atoms with Crippen molar-refractivity contribution in [2.24, 2.45) is 5.92 Å². The molecule has 70 valence electrons. The Morgan fingerprint density at radius 3 is 3.08 bits per heavy atom. The Morgan fingerprint density at radius 1 is 1.77 bits per heavy atom. The highest BCUT2D eigenvalue weighted by Gasteiger charge is 2.27. The summed E-state index contributed by atoms with van der Waals surface area (Å²) in [5.74, 6) is 0.389. The lowest BCUT2D eigenvalue weighted by Gasteiger charge is -2.25. The van der Waals surface area contributed by atoms with Crippen LogP contribution >= 0.6 is 0 Å². The van der Waals surface area contributed by atoms with E-state index in [9.17, 15) is 4.79 Å².